The molecule has 0 spiro atoms. The van der Waals surface area contributed by atoms with Crippen molar-refractivity contribution in [2.45, 2.75) is 26.3 Å². The van der Waals surface area contributed by atoms with E-state index < -0.39 is 11.6 Å². The molecule has 0 unspecified atom stereocenters. The van der Waals surface area contributed by atoms with E-state index in [0.29, 0.717) is 11.6 Å². The Bertz CT molecular complexity index is 360. The van der Waals surface area contributed by atoms with Crippen LogP contribution in [0.1, 0.15) is 26.3 Å². The third-order valence-corrected chi connectivity index (χ3v) is 2.51. The fraction of sp³-hybridized carbons (Fsp3) is 0.417. The molecule has 0 saturated carbocycles. The molecule has 1 aromatic carbocycles. The smallest absolute Gasteiger partial charge is 0.407 e. The van der Waals surface area contributed by atoms with Gasteiger partial charge in [-0.25, -0.2) is 4.79 Å². The minimum atomic E-state index is -0.475. The van der Waals surface area contributed by atoms with Gasteiger partial charge in [-0.15, -0.1) is 0 Å². The largest absolute Gasteiger partial charge is 0.450 e. The molecule has 0 aliphatic carbocycles. The highest BCUT2D eigenvalue weighted by atomic mass is 35.5. The molecule has 0 saturated heterocycles. The lowest BCUT2D eigenvalue weighted by Crippen LogP contribution is -2.41. The second-order valence-corrected chi connectivity index (χ2v) is 4.41. The zero-order valence-electron chi connectivity index (χ0n) is 9.71. The van der Waals surface area contributed by atoms with Crippen molar-refractivity contribution < 1.29 is 9.53 Å². The van der Waals surface area contributed by atoms with Crippen molar-refractivity contribution in [2.75, 3.05) is 6.61 Å². The van der Waals surface area contributed by atoms with Crippen LogP contribution in [-0.4, -0.2) is 12.7 Å². The van der Waals surface area contributed by atoms with Crippen molar-refractivity contribution >= 4 is 17.7 Å². The van der Waals surface area contributed by atoms with Gasteiger partial charge in [-0.1, -0.05) is 23.7 Å². The van der Waals surface area contributed by atoms with Gasteiger partial charge < -0.3 is 10.1 Å². The second-order valence-electron chi connectivity index (χ2n) is 3.98. The molecule has 0 aliphatic rings. The van der Waals surface area contributed by atoms with E-state index >= 15 is 0 Å². The monoisotopic (exact) mass is 241 g/mol. The van der Waals surface area contributed by atoms with E-state index in [2.05, 4.69) is 5.32 Å². The average molecular weight is 242 g/mol. The number of benzene rings is 1. The quantitative estimate of drug-likeness (QED) is 0.882. The maximum Gasteiger partial charge on any atom is 0.407 e. The van der Waals surface area contributed by atoms with Crippen LogP contribution >= 0.6 is 11.6 Å². The fourth-order valence-corrected chi connectivity index (χ4v) is 1.49. The van der Waals surface area contributed by atoms with Crippen LogP contribution in [0.2, 0.25) is 5.02 Å². The number of amides is 1. The number of ether oxygens (including phenoxy) is 1. The van der Waals surface area contributed by atoms with Gasteiger partial charge in [0, 0.05) is 5.02 Å². The Morgan fingerprint density at radius 2 is 1.94 bits per heavy atom. The van der Waals surface area contributed by atoms with Gasteiger partial charge in [0.1, 0.15) is 0 Å². The lowest BCUT2D eigenvalue weighted by Gasteiger charge is -2.26. The van der Waals surface area contributed by atoms with E-state index in [4.69, 9.17) is 16.3 Å². The summed E-state index contributed by atoms with van der Waals surface area (Å²) in [6.07, 6.45) is -0.414. The zero-order valence-corrected chi connectivity index (χ0v) is 10.5. The lowest BCUT2D eigenvalue weighted by atomic mass is 9.95. The number of hydrogen-bond acceptors (Lipinski definition) is 2. The summed E-state index contributed by atoms with van der Waals surface area (Å²) in [6.45, 7) is 5.96. The zero-order chi connectivity index (χ0) is 12.2. The Hall–Kier alpha value is -1.22. The highest BCUT2D eigenvalue weighted by molar-refractivity contribution is 6.30. The Labute approximate surface area is 101 Å². The molecule has 3 nitrogen and oxygen atoms in total. The summed E-state index contributed by atoms with van der Waals surface area (Å²) < 4.78 is 4.85. The minimum Gasteiger partial charge on any atom is -0.450 e. The molecular weight excluding hydrogens is 226 g/mol. The molecule has 0 radical (unpaired) electrons. The topological polar surface area (TPSA) is 38.3 Å². The predicted molar refractivity (Wildman–Crippen MR) is 64.6 cm³/mol. The first-order valence-electron chi connectivity index (χ1n) is 5.16. The number of nitrogens with one attached hydrogen (secondary N) is 1. The maximum atomic E-state index is 11.3. The second kappa shape index (κ2) is 5.21. The molecule has 0 fully saturated rings. The minimum absolute atomic E-state index is 0.364. The third-order valence-electron chi connectivity index (χ3n) is 2.26. The molecule has 4 heteroatoms. The van der Waals surface area contributed by atoms with Crippen LogP contribution in [0.4, 0.5) is 4.79 Å². The number of hydrogen-bond donors (Lipinski definition) is 1. The molecular formula is C12H16ClNO2. The summed E-state index contributed by atoms with van der Waals surface area (Å²) in [5.41, 5.74) is 0.501. The SMILES string of the molecule is CCOC(=O)NC(C)(C)c1ccc(Cl)cc1. The summed E-state index contributed by atoms with van der Waals surface area (Å²) in [7, 11) is 0. The highest BCUT2D eigenvalue weighted by Crippen LogP contribution is 2.21. The summed E-state index contributed by atoms with van der Waals surface area (Å²) in [5.74, 6) is 0. The summed E-state index contributed by atoms with van der Waals surface area (Å²) in [6, 6.07) is 7.36. The Kier molecular flexibility index (Phi) is 4.19. The van der Waals surface area contributed by atoms with Crippen LogP contribution in [-0.2, 0) is 10.3 Å². The summed E-state index contributed by atoms with van der Waals surface area (Å²) >= 11 is 5.81. The Morgan fingerprint density at radius 3 is 2.44 bits per heavy atom. The molecule has 0 aliphatic heterocycles. The molecule has 1 N–H and O–H groups in total. The van der Waals surface area contributed by atoms with E-state index in [9.17, 15) is 4.79 Å². The van der Waals surface area contributed by atoms with Gasteiger partial charge in [0.15, 0.2) is 0 Å². The summed E-state index contributed by atoms with van der Waals surface area (Å²) in [5, 5.41) is 3.47. The van der Waals surface area contributed by atoms with E-state index in [1.807, 2.05) is 26.0 Å². The number of rotatable bonds is 3. The first-order valence-corrected chi connectivity index (χ1v) is 5.54. The van der Waals surface area contributed by atoms with Crippen molar-refractivity contribution in [3.8, 4) is 0 Å². The molecule has 16 heavy (non-hydrogen) atoms. The predicted octanol–water partition coefficient (Wildman–Crippen LogP) is 3.32. The third kappa shape index (κ3) is 3.42. The van der Waals surface area contributed by atoms with E-state index in [0.717, 1.165) is 5.56 Å². The van der Waals surface area contributed by atoms with Crippen molar-refractivity contribution in [2.24, 2.45) is 0 Å². The normalized spacial score (nSPS) is 11.0. The Balaban J connectivity index is 2.76. The first kappa shape index (κ1) is 12.8. The number of carbonyl (C=O) groups is 1. The van der Waals surface area contributed by atoms with Crippen molar-refractivity contribution in [3.63, 3.8) is 0 Å². The van der Waals surface area contributed by atoms with Gasteiger partial charge >= 0.3 is 6.09 Å². The van der Waals surface area contributed by atoms with Crippen molar-refractivity contribution in [1.82, 2.24) is 5.32 Å². The number of alkyl carbamates (subject to hydrolysis) is 1. The Morgan fingerprint density at radius 1 is 1.38 bits per heavy atom. The molecule has 0 atom stereocenters. The van der Waals surface area contributed by atoms with Crippen molar-refractivity contribution in [3.05, 3.63) is 34.9 Å². The van der Waals surface area contributed by atoms with Crippen LogP contribution in [0.5, 0.6) is 0 Å². The van der Waals surface area contributed by atoms with E-state index in [1.165, 1.54) is 0 Å². The van der Waals surface area contributed by atoms with E-state index in [1.54, 1.807) is 19.1 Å². The van der Waals surface area contributed by atoms with Crippen LogP contribution in [0.3, 0.4) is 0 Å². The van der Waals surface area contributed by atoms with Crippen LogP contribution in [0.15, 0.2) is 24.3 Å². The molecule has 1 rings (SSSR count). The lowest BCUT2D eigenvalue weighted by molar-refractivity contribution is 0.141. The molecule has 1 amide bonds. The van der Waals surface area contributed by atoms with Crippen molar-refractivity contribution in [1.29, 1.82) is 0 Å². The standard InChI is InChI=1S/C12H16ClNO2/c1-4-16-11(15)14-12(2,3)9-5-7-10(13)8-6-9/h5-8H,4H2,1-3H3,(H,14,15). The molecule has 0 bridgehead atoms. The highest BCUT2D eigenvalue weighted by Gasteiger charge is 2.23. The summed E-state index contributed by atoms with van der Waals surface area (Å²) in [4.78, 5) is 11.3. The van der Waals surface area contributed by atoms with Crippen LogP contribution in [0, 0.1) is 0 Å². The molecule has 0 heterocycles. The molecule has 0 aromatic heterocycles. The first-order chi connectivity index (χ1) is 7.45. The van der Waals surface area contributed by atoms with E-state index in [-0.39, 0.29) is 0 Å². The van der Waals surface area contributed by atoms with Gasteiger partial charge in [0.05, 0.1) is 12.1 Å². The number of carbonyl (C=O) groups excluding carboxylic acids is 1. The molecule has 1 aromatic rings. The maximum absolute atomic E-state index is 11.3. The van der Waals surface area contributed by atoms with Gasteiger partial charge in [0.25, 0.3) is 0 Å². The fourth-order valence-electron chi connectivity index (χ4n) is 1.36. The van der Waals surface area contributed by atoms with Gasteiger partial charge in [-0.3, -0.25) is 0 Å². The number of halogens is 1. The van der Waals surface area contributed by atoms with Gasteiger partial charge in [-0.05, 0) is 38.5 Å². The average Bonchev–Trinajstić information content (AvgIpc) is 2.17. The van der Waals surface area contributed by atoms with Crippen LogP contribution < -0.4 is 5.32 Å². The molecule has 88 valence electrons. The van der Waals surface area contributed by atoms with Gasteiger partial charge in [-0.2, -0.15) is 0 Å². The van der Waals surface area contributed by atoms with Gasteiger partial charge in [0.2, 0.25) is 0 Å². The van der Waals surface area contributed by atoms with Crippen LogP contribution in [0.25, 0.3) is 0 Å².